The quantitative estimate of drug-likeness (QED) is 0.336. The molecule has 0 radical (unpaired) electrons. The second kappa shape index (κ2) is 8.45. The van der Waals surface area contributed by atoms with Crippen LogP contribution < -0.4 is 4.74 Å². The fourth-order valence-electron chi connectivity index (χ4n) is 2.17. The zero-order valence-corrected chi connectivity index (χ0v) is 15.7. The SMILES string of the molecule is O=C(/C=C/c1ccc(COc2cc(Cl)ccc2Cl)o1)c1ccc(Cl)cc1. The molecule has 0 bridgehead atoms. The molecule has 132 valence electrons. The van der Waals surface area contributed by atoms with Crippen molar-refractivity contribution in [3.63, 3.8) is 0 Å². The molecule has 0 aliphatic heterocycles. The van der Waals surface area contributed by atoms with E-state index in [2.05, 4.69) is 0 Å². The Labute approximate surface area is 165 Å². The molecule has 0 saturated carbocycles. The van der Waals surface area contributed by atoms with Crippen molar-refractivity contribution in [2.24, 2.45) is 0 Å². The number of benzene rings is 2. The smallest absolute Gasteiger partial charge is 0.185 e. The number of carbonyl (C=O) groups excluding carboxylic acids is 1. The van der Waals surface area contributed by atoms with E-state index in [9.17, 15) is 4.79 Å². The summed E-state index contributed by atoms with van der Waals surface area (Å²) in [5.74, 6) is 1.48. The largest absolute Gasteiger partial charge is 0.484 e. The third kappa shape index (κ3) is 4.92. The van der Waals surface area contributed by atoms with E-state index in [1.807, 2.05) is 0 Å². The highest BCUT2D eigenvalue weighted by molar-refractivity contribution is 6.34. The number of allylic oxidation sites excluding steroid dienone is 1. The number of rotatable bonds is 6. The van der Waals surface area contributed by atoms with Gasteiger partial charge < -0.3 is 9.15 Å². The van der Waals surface area contributed by atoms with Crippen LogP contribution in [0.4, 0.5) is 0 Å². The van der Waals surface area contributed by atoms with Crippen molar-refractivity contribution in [3.05, 3.63) is 92.8 Å². The van der Waals surface area contributed by atoms with E-state index in [1.54, 1.807) is 60.7 Å². The maximum Gasteiger partial charge on any atom is 0.185 e. The average Bonchev–Trinajstić information content (AvgIpc) is 3.09. The standard InChI is InChI=1S/C20H13Cl3O3/c21-14-3-1-13(2-4-14)19(24)10-8-16-6-7-17(26-16)12-25-20-11-15(22)5-9-18(20)23/h1-11H,12H2/b10-8+. The summed E-state index contributed by atoms with van der Waals surface area (Å²) < 4.78 is 11.2. The highest BCUT2D eigenvalue weighted by Crippen LogP contribution is 2.28. The van der Waals surface area contributed by atoms with Gasteiger partial charge in [-0.2, -0.15) is 0 Å². The highest BCUT2D eigenvalue weighted by Gasteiger charge is 2.06. The fraction of sp³-hybridized carbons (Fsp3) is 0.0500. The fourth-order valence-corrected chi connectivity index (χ4v) is 2.63. The van der Waals surface area contributed by atoms with Crippen LogP contribution in [0.25, 0.3) is 6.08 Å². The van der Waals surface area contributed by atoms with Crippen molar-refractivity contribution in [2.75, 3.05) is 0 Å². The molecule has 3 rings (SSSR count). The third-order valence-electron chi connectivity index (χ3n) is 3.47. The second-order valence-corrected chi connectivity index (χ2v) is 6.65. The van der Waals surface area contributed by atoms with Crippen LogP contribution in [0.3, 0.4) is 0 Å². The van der Waals surface area contributed by atoms with Gasteiger partial charge in [-0.05, 0) is 60.7 Å². The molecule has 0 N–H and O–H groups in total. The third-order valence-corrected chi connectivity index (χ3v) is 4.27. The van der Waals surface area contributed by atoms with Gasteiger partial charge in [-0.25, -0.2) is 0 Å². The van der Waals surface area contributed by atoms with Gasteiger partial charge >= 0.3 is 0 Å². The minimum atomic E-state index is -0.137. The van der Waals surface area contributed by atoms with E-state index in [1.165, 1.54) is 6.08 Å². The minimum absolute atomic E-state index is 0.137. The molecular formula is C20H13Cl3O3. The first-order valence-corrected chi connectivity index (χ1v) is 8.79. The van der Waals surface area contributed by atoms with Gasteiger partial charge in [0.15, 0.2) is 5.78 Å². The summed E-state index contributed by atoms with van der Waals surface area (Å²) in [6.07, 6.45) is 3.05. The van der Waals surface area contributed by atoms with Gasteiger partial charge in [0.1, 0.15) is 23.9 Å². The lowest BCUT2D eigenvalue weighted by atomic mass is 10.1. The monoisotopic (exact) mass is 406 g/mol. The van der Waals surface area contributed by atoms with E-state index in [0.717, 1.165) is 0 Å². The molecule has 26 heavy (non-hydrogen) atoms. The molecule has 1 heterocycles. The zero-order chi connectivity index (χ0) is 18.5. The van der Waals surface area contributed by atoms with Gasteiger partial charge in [0.25, 0.3) is 0 Å². The lowest BCUT2D eigenvalue weighted by Crippen LogP contribution is -1.94. The molecule has 1 aromatic heterocycles. The summed E-state index contributed by atoms with van der Waals surface area (Å²) in [7, 11) is 0. The van der Waals surface area contributed by atoms with Crippen LogP contribution in [0.2, 0.25) is 15.1 Å². The molecular weight excluding hydrogens is 395 g/mol. The van der Waals surface area contributed by atoms with Gasteiger partial charge in [0.05, 0.1) is 5.02 Å². The molecule has 0 spiro atoms. The van der Waals surface area contributed by atoms with Gasteiger partial charge in [0, 0.05) is 21.7 Å². The van der Waals surface area contributed by atoms with Gasteiger partial charge in [0.2, 0.25) is 0 Å². The second-order valence-electron chi connectivity index (χ2n) is 5.37. The summed E-state index contributed by atoms with van der Waals surface area (Å²) in [6, 6.07) is 15.2. The normalized spacial score (nSPS) is 11.0. The average molecular weight is 408 g/mol. The van der Waals surface area contributed by atoms with Crippen LogP contribution in [-0.2, 0) is 6.61 Å². The van der Waals surface area contributed by atoms with Crippen molar-refractivity contribution in [1.29, 1.82) is 0 Å². The van der Waals surface area contributed by atoms with Crippen LogP contribution in [0.5, 0.6) is 5.75 Å². The number of ether oxygens (including phenoxy) is 1. The van der Waals surface area contributed by atoms with Crippen molar-refractivity contribution < 1.29 is 13.9 Å². The minimum Gasteiger partial charge on any atom is -0.484 e. The summed E-state index contributed by atoms with van der Waals surface area (Å²) in [5.41, 5.74) is 0.552. The first-order chi connectivity index (χ1) is 12.5. The number of furan rings is 1. The Balaban J connectivity index is 1.61. The molecule has 3 nitrogen and oxygen atoms in total. The lowest BCUT2D eigenvalue weighted by molar-refractivity contribution is 0.104. The highest BCUT2D eigenvalue weighted by atomic mass is 35.5. The summed E-state index contributed by atoms with van der Waals surface area (Å²) in [5, 5.41) is 1.59. The summed E-state index contributed by atoms with van der Waals surface area (Å²) >= 11 is 17.8. The Morgan fingerprint density at radius 3 is 2.46 bits per heavy atom. The molecule has 0 unspecified atom stereocenters. The molecule has 0 fully saturated rings. The van der Waals surface area contributed by atoms with Crippen LogP contribution in [0.15, 0.2) is 65.1 Å². The number of carbonyl (C=O) groups is 1. The summed E-state index contributed by atoms with van der Waals surface area (Å²) in [4.78, 5) is 12.1. The van der Waals surface area contributed by atoms with Gasteiger partial charge in [-0.3, -0.25) is 4.79 Å². The van der Waals surface area contributed by atoms with Gasteiger partial charge in [-0.1, -0.05) is 34.8 Å². The first kappa shape index (κ1) is 18.6. The number of hydrogen-bond donors (Lipinski definition) is 0. The Hall–Kier alpha value is -2.20. The van der Waals surface area contributed by atoms with Crippen molar-refractivity contribution in [2.45, 2.75) is 6.61 Å². The van der Waals surface area contributed by atoms with Crippen LogP contribution in [-0.4, -0.2) is 5.78 Å². The van der Waals surface area contributed by atoms with E-state index in [-0.39, 0.29) is 12.4 Å². The molecule has 0 saturated heterocycles. The topological polar surface area (TPSA) is 39.4 Å². The van der Waals surface area contributed by atoms with Crippen molar-refractivity contribution in [1.82, 2.24) is 0 Å². The van der Waals surface area contributed by atoms with Crippen LogP contribution >= 0.6 is 34.8 Å². The Kier molecular flexibility index (Phi) is 6.04. The van der Waals surface area contributed by atoms with E-state index in [4.69, 9.17) is 44.0 Å². The maximum atomic E-state index is 12.1. The predicted octanol–water partition coefficient (Wildman–Crippen LogP) is 6.71. The lowest BCUT2D eigenvalue weighted by Gasteiger charge is -2.06. The predicted molar refractivity (Wildman–Crippen MR) is 104 cm³/mol. The number of ketones is 1. The zero-order valence-electron chi connectivity index (χ0n) is 13.4. The number of halogens is 3. The van der Waals surface area contributed by atoms with Crippen LogP contribution in [0, 0.1) is 0 Å². The maximum absolute atomic E-state index is 12.1. The molecule has 0 amide bonds. The van der Waals surface area contributed by atoms with Crippen molar-refractivity contribution >= 4 is 46.7 Å². The molecule has 0 atom stereocenters. The Morgan fingerprint density at radius 1 is 0.962 bits per heavy atom. The molecule has 3 aromatic rings. The van der Waals surface area contributed by atoms with Crippen molar-refractivity contribution in [3.8, 4) is 5.75 Å². The molecule has 2 aromatic carbocycles. The Bertz CT molecular complexity index is 943. The summed E-state index contributed by atoms with van der Waals surface area (Å²) in [6.45, 7) is 0.193. The van der Waals surface area contributed by atoms with Crippen LogP contribution in [0.1, 0.15) is 21.9 Å². The first-order valence-electron chi connectivity index (χ1n) is 7.66. The van der Waals surface area contributed by atoms with E-state index in [0.29, 0.717) is 37.9 Å². The van der Waals surface area contributed by atoms with E-state index < -0.39 is 0 Å². The number of hydrogen-bond acceptors (Lipinski definition) is 3. The Morgan fingerprint density at radius 2 is 1.69 bits per heavy atom. The van der Waals surface area contributed by atoms with E-state index >= 15 is 0 Å². The molecule has 0 aliphatic carbocycles. The molecule has 0 aliphatic rings. The van der Waals surface area contributed by atoms with Gasteiger partial charge in [-0.15, -0.1) is 0 Å². The molecule has 6 heteroatoms.